The maximum absolute atomic E-state index is 11.2. The highest BCUT2D eigenvalue weighted by atomic mass is 16.5. The standard InChI is InChI=1S/C18H22N4O2/c19-18(23)17-11-16(4-5-20-17)21-12-14-2-1-3-15(10-14)13-22-6-8-24-9-7-22/h1-5,10-11H,6-9,12-13H2,(H2,19,23)(H,20,21). The second kappa shape index (κ2) is 7.90. The SMILES string of the molecule is NC(=O)c1cc(NCc2cccc(CN3CCOCC3)c2)ccn1. The molecule has 6 nitrogen and oxygen atoms in total. The Morgan fingerprint density at radius 1 is 1.21 bits per heavy atom. The summed E-state index contributed by atoms with van der Waals surface area (Å²) in [5.74, 6) is -0.522. The molecule has 1 amide bonds. The smallest absolute Gasteiger partial charge is 0.267 e. The molecule has 1 aliphatic rings. The molecule has 1 aliphatic heterocycles. The molecule has 3 rings (SSSR count). The van der Waals surface area contributed by atoms with Crippen LogP contribution < -0.4 is 11.1 Å². The van der Waals surface area contributed by atoms with E-state index in [0.29, 0.717) is 6.54 Å². The lowest BCUT2D eigenvalue weighted by Gasteiger charge is -2.26. The van der Waals surface area contributed by atoms with E-state index in [0.717, 1.165) is 38.5 Å². The number of benzene rings is 1. The van der Waals surface area contributed by atoms with Crippen LogP contribution in [0.1, 0.15) is 21.6 Å². The number of nitrogens with two attached hydrogens (primary N) is 1. The van der Waals surface area contributed by atoms with Gasteiger partial charge >= 0.3 is 0 Å². The summed E-state index contributed by atoms with van der Waals surface area (Å²) < 4.78 is 5.39. The molecular weight excluding hydrogens is 304 g/mol. The van der Waals surface area contributed by atoms with Gasteiger partial charge in [-0.25, -0.2) is 0 Å². The number of amides is 1. The van der Waals surface area contributed by atoms with Crippen LogP contribution in [0.5, 0.6) is 0 Å². The summed E-state index contributed by atoms with van der Waals surface area (Å²) >= 11 is 0. The van der Waals surface area contributed by atoms with Gasteiger partial charge in [0.2, 0.25) is 0 Å². The van der Waals surface area contributed by atoms with E-state index in [2.05, 4.69) is 39.5 Å². The van der Waals surface area contributed by atoms with Gasteiger partial charge in [-0.3, -0.25) is 14.7 Å². The first-order valence-corrected chi connectivity index (χ1v) is 8.08. The number of primary amides is 1. The number of nitrogens with one attached hydrogen (secondary N) is 1. The number of carbonyl (C=O) groups is 1. The first-order valence-electron chi connectivity index (χ1n) is 8.08. The van der Waals surface area contributed by atoms with Crippen LogP contribution in [0.3, 0.4) is 0 Å². The van der Waals surface area contributed by atoms with Crippen molar-refractivity contribution in [1.29, 1.82) is 0 Å². The fourth-order valence-electron chi connectivity index (χ4n) is 2.73. The fraction of sp³-hybridized carbons (Fsp3) is 0.333. The normalized spacial score (nSPS) is 15.2. The molecule has 0 bridgehead atoms. The van der Waals surface area contributed by atoms with Crippen molar-refractivity contribution in [3.05, 3.63) is 59.4 Å². The number of rotatable bonds is 6. The molecule has 1 aromatic heterocycles. The van der Waals surface area contributed by atoms with Crippen molar-refractivity contribution in [3.8, 4) is 0 Å². The average Bonchev–Trinajstić information content (AvgIpc) is 2.61. The van der Waals surface area contributed by atoms with Crippen LogP contribution in [-0.4, -0.2) is 42.1 Å². The minimum Gasteiger partial charge on any atom is -0.381 e. The summed E-state index contributed by atoms with van der Waals surface area (Å²) in [4.78, 5) is 17.5. The fourth-order valence-corrected chi connectivity index (χ4v) is 2.73. The summed E-state index contributed by atoms with van der Waals surface area (Å²) in [6.45, 7) is 5.21. The summed E-state index contributed by atoms with van der Waals surface area (Å²) in [5, 5.41) is 3.31. The van der Waals surface area contributed by atoms with Crippen molar-refractivity contribution in [2.75, 3.05) is 31.6 Å². The van der Waals surface area contributed by atoms with E-state index in [1.165, 1.54) is 11.1 Å². The molecule has 1 aromatic carbocycles. The highest BCUT2D eigenvalue weighted by Crippen LogP contribution is 2.13. The Kier molecular flexibility index (Phi) is 5.40. The lowest BCUT2D eigenvalue weighted by Crippen LogP contribution is -2.35. The lowest BCUT2D eigenvalue weighted by atomic mass is 10.1. The zero-order chi connectivity index (χ0) is 16.8. The first-order chi connectivity index (χ1) is 11.7. The number of nitrogens with zero attached hydrogens (tertiary/aromatic N) is 2. The second-order valence-corrected chi connectivity index (χ2v) is 5.86. The Morgan fingerprint density at radius 2 is 2.00 bits per heavy atom. The van der Waals surface area contributed by atoms with Crippen LogP contribution >= 0.6 is 0 Å². The van der Waals surface area contributed by atoms with E-state index in [-0.39, 0.29) is 5.69 Å². The van der Waals surface area contributed by atoms with Gasteiger partial charge in [0.05, 0.1) is 13.2 Å². The number of carbonyl (C=O) groups excluding carboxylic acids is 1. The maximum Gasteiger partial charge on any atom is 0.267 e. The Labute approximate surface area is 141 Å². The van der Waals surface area contributed by atoms with Gasteiger partial charge in [-0.15, -0.1) is 0 Å². The molecule has 0 aliphatic carbocycles. The van der Waals surface area contributed by atoms with Gasteiger partial charge in [0.1, 0.15) is 5.69 Å². The third kappa shape index (κ3) is 4.53. The van der Waals surface area contributed by atoms with Crippen molar-refractivity contribution in [2.45, 2.75) is 13.1 Å². The number of pyridine rings is 1. The molecule has 0 atom stereocenters. The molecule has 0 radical (unpaired) electrons. The van der Waals surface area contributed by atoms with Crippen molar-refractivity contribution < 1.29 is 9.53 Å². The summed E-state index contributed by atoms with van der Waals surface area (Å²) in [7, 11) is 0. The predicted octanol–water partition coefficient (Wildman–Crippen LogP) is 1.62. The quantitative estimate of drug-likeness (QED) is 0.843. The van der Waals surface area contributed by atoms with E-state index in [9.17, 15) is 4.79 Å². The summed E-state index contributed by atoms with van der Waals surface area (Å²) in [6, 6.07) is 12.0. The third-order valence-corrected chi connectivity index (χ3v) is 4.01. The number of morpholine rings is 1. The summed E-state index contributed by atoms with van der Waals surface area (Å²) in [5.41, 5.74) is 8.84. The number of ether oxygens (including phenoxy) is 1. The zero-order valence-electron chi connectivity index (χ0n) is 13.6. The Bertz CT molecular complexity index is 699. The average molecular weight is 326 g/mol. The third-order valence-electron chi connectivity index (χ3n) is 4.01. The Morgan fingerprint density at radius 3 is 2.79 bits per heavy atom. The predicted molar refractivity (Wildman–Crippen MR) is 92.6 cm³/mol. The second-order valence-electron chi connectivity index (χ2n) is 5.86. The van der Waals surface area contributed by atoms with Crippen molar-refractivity contribution >= 4 is 11.6 Å². The van der Waals surface area contributed by atoms with Crippen LogP contribution in [-0.2, 0) is 17.8 Å². The van der Waals surface area contributed by atoms with E-state index >= 15 is 0 Å². The van der Waals surface area contributed by atoms with Crippen molar-refractivity contribution in [1.82, 2.24) is 9.88 Å². The van der Waals surface area contributed by atoms with Crippen LogP contribution in [0.4, 0.5) is 5.69 Å². The maximum atomic E-state index is 11.2. The monoisotopic (exact) mass is 326 g/mol. The summed E-state index contributed by atoms with van der Waals surface area (Å²) in [6.07, 6.45) is 1.58. The molecule has 2 aromatic rings. The van der Waals surface area contributed by atoms with Gasteiger partial charge in [-0.2, -0.15) is 0 Å². The Balaban J connectivity index is 1.60. The van der Waals surface area contributed by atoms with Crippen LogP contribution in [0.2, 0.25) is 0 Å². The molecule has 3 N–H and O–H groups in total. The topological polar surface area (TPSA) is 80.5 Å². The number of hydrogen-bond acceptors (Lipinski definition) is 5. The number of aromatic nitrogens is 1. The lowest BCUT2D eigenvalue weighted by molar-refractivity contribution is 0.0342. The van der Waals surface area contributed by atoms with Crippen LogP contribution in [0.15, 0.2) is 42.6 Å². The van der Waals surface area contributed by atoms with E-state index in [4.69, 9.17) is 10.5 Å². The number of hydrogen-bond donors (Lipinski definition) is 2. The number of anilines is 1. The molecule has 126 valence electrons. The van der Waals surface area contributed by atoms with Crippen LogP contribution in [0.25, 0.3) is 0 Å². The van der Waals surface area contributed by atoms with Gasteiger partial charge < -0.3 is 15.8 Å². The molecule has 2 heterocycles. The highest BCUT2D eigenvalue weighted by Gasteiger charge is 2.10. The molecule has 24 heavy (non-hydrogen) atoms. The minimum atomic E-state index is -0.522. The molecule has 0 saturated carbocycles. The van der Waals surface area contributed by atoms with E-state index < -0.39 is 5.91 Å². The molecule has 1 saturated heterocycles. The largest absolute Gasteiger partial charge is 0.381 e. The van der Waals surface area contributed by atoms with Gasteiger partial charge in [0, 0.05) is 38.1 Å². The van der Waals surface area contributed by atoms with Gasteiger partial charge in [0.25, 0.3) is 5.91 Å². The van der Waals surface area contributed by atoms with Crippen molar-refractivity contribution in [3.63, 3.8) is 0 Å². The first kappa shape index (κ1) is 16.4. The van der Waals surface area contributed by atoms with Gasteiger partial charge in [0.15, 0.2) is 0 Å². The van der Waals surface area contributed by atoms with Crippen molar-refractivity contribution in [2.24, 2.45) is 5.73 Å². The highest BCUT2D eigenvalue weighted by molar-refractivity contribution is 5.91. The molecular formula is C18H22N4O2. The van der Waals surface area contributed by atoms with Crippen LogP contribution in [0, 0.1) is 0 Å². The minimum absolute atomic E-state index is 0.265. The molecule has 0 unspecified atom stereocenters. The zero-order valence-corrected chi connectivity index (χ0v) is 13.6. The molecule has 6 heteroatoms. The van der Waals surface area contributed by atoms with E-state index in [1.54, 1.807) is 12.3 Å². The molecule has 0 spiro atoms. The van der Waals surface area contributed by atoms with E-state index in [1.807, 2.05) is 6.07 Å². The van der Waals surface area contributed by atoms with Gasteiger partial charge in [-0.05, 0) is 23.3 Å². The molecule has 1 fully saturated rings. The van der Waals surface area contributed by atoms with Gasteiger partial charge in [-0.1, -0.05) is 24.3 Å². The Hall–Kier alpha value is -2.44.